The maximum Gasteiger partial charge on any atom is 0.496 e. The summed E-state index contributed by atoms with van der Waals surface area (Å²) in [5.74, 6) is 0. The van der Waals surface area contributed by atoms with Crippen LogP contribution in [0.4, 0.5) is 0 Å². The molecule has 0 aliphatic carbocycles. The summed E-state index contributed by atoms with van der Waals surface area (Å²) in [4.78, 5) is 0. The molecule has 0 unspecified atom stereocenters. The topological polar surface area (TPSA) is 60.7 Å². The largest absolute Gasteiger partial charge is 0.496 e. The first-order chi connectivity index (χ1) is 12.2. The molecule has 2 aliphatic rings. The van der Waals surface area contributed by atoms with Gasteiger partial charge in [0.2, 0.25) is 0 Å². The van der Waals surface area contributed by atoms with Gasteiger partial charge in [-0.2, -0.15) is 5.26 Å². The van der Waals surface area contributed by atoms with E-state index in [2.05, 4.69) is 6.07 Å². The molecule has 0 aromatic heterocycles. The zero-order valence-corrected chi connectivity index (χ0v) is 18.0. The minimum Gasteiger partial charge on any atom is -0.399 e. The number of hydrogen-bond acceptors (Lipinski definition) is 5. The van der Waals surface area contributed by atoms with Gasteiger partial charge in [0.1, 0.15) is 0 Å². The van der Waals surface area contributed by atoms with E-state index in [1.54, 1.807) is 12.1 Å². The van der Waals surface area contributed by atoms with Crippen LogP contribution in [0.3, 0.4) is 0 Å². The molecule has 27 heavy (non-hydrogen) atoms. The predicted molar refractivity (Wildman–Crippen MR) is 108 cm³/mol. The van der Waals surface area contributed by atoms with Crippen molar-refractivity contribution in [2.24, 2.45) is 0 Å². The van der Waals surface area contributed by atoms with Crippen LogP contribution in [0.1, 0.15) is 61.0 Å². The Hall–Kier alpha value is -1.03. The van der Waals surface area contributed by atoms with E-state index in [4.69, 9.17) is 30.2 Å². The van der Waals surface area contributed by atoms with E-state index in [1.165, 1.54) is 0 Å². The SMILES string of the molecule is CC1(C)OB(c2cc(Cl)cc(B3OC(C)(C)C(C)(C)O3)c2C#N)OC1(C)C. The summed E-state index contributed by atoms with van der Waals surface area (Å²) in [5, 5.41) is 10.4. The number of benzene rings is 1. The van der Waals surface area contributed by atoms with Crippen LogP contribution in [-0.2, 0) is 18.6 Å². The molecule has 0 spiro atoms. The third kappa shape index (κ3) is 3.32. The Balaban J connectivity index is 2.06. The molecule has 0 saturated carbocycles. The van der Waals surface area contributed by atoms with Gasteiger partial charge in [0.05, 0.1) is 34.0 Å². The second-order valence-corrected chi connectivity index (χ2v) is 9.68. The molecule has 3 rings (SSSR count). The summed E-state index contributed by atoms with van der Waals surface area (Å²) in [6.07, 6.45) is 0. The van der Waals surface area contributed by atoms with E-state index in [-0.39, 0.29) is 0 Å². The van der Waals surface area contributed by atoms with Gasteiger partial charge in [0.25, 0.3) is 0 Å². The summed E-state index contributed by atoms with van der Waals surface area (Å²) in [5.41, 5.74) is -0.471. The van der Waals surface area contributed by atoms with Crippen molar-refractivity contribution < 1.29 is 18.6 Å². The maximum atomic E-state index is 9.92. The van der Waals surface area contributed by atoms with E-state index in [9.17, 15) is 5.26 Å². The van der Waals surface area contributed by atoms with Crippen molar-refractivity contribution in [3.8, 4) is 6.07 Å². The van der Waals surface area contributed by atoms with Crippen LogP contribution in [0.5, 0.6) is 0 Å². The van der Waals surface area contributed by atoms with Crippen molar-refractivity contribution >= 4 is 36.8 Å². The quantitative estimate of drug-likeness (QED) is 0.728. The second-order valence-electron chi connectivity index (χ2n) is 9.25. The maximum absolute atomic E-state index is 9.92. The fourth-order valence-corrected chi connectivity index (χ4v) is 3.33. The van der Waals surface area contributed by atoms with Gasteiger partial charge < -0.3 is 18.6 Å². The Kier molecular flexibility index (Phi) is 4.78. The molecule has 2 aliphatic heterocycles. The first-order valence-electron chi connectivity index (χ1n) is 9.15. The third-order valence-electron chi connectivity index (χ3n) is 6.29. The smallest absolute Gasteiger partial charge is 0.399 e. The Morgan fingerprint density at radius 2 is 1.04 bits per heavy atom. The monoisotopic (exact) mass is 389 g/mol. The fourth-order valence-electron chi connectivity index (χ4n) is 3.09. The molecule has 2 heterocycles. The zero-order valence-electron chi connectivity index (χ0n) is 17.3. The highest BCUT2D eigenvalue weighted by Crippen LogP contribution is 2.38. The van der Waals surface area contributed by atoms with Crippen molar-refractivity contribution in [2.45, 2.75) is 77.8 Å². The molecular formula is C19H26B2ClNO4. The number of nitriles is 1. The predicted octanol–water partition coefficient (Wildman–Crippen LogP) is 2.81. The molecule has 2 saturated heterocycles. The molecule has 0 bridgehead atoms. The van der Waals surface area contributed by atoms with E-state index >= 15 is 0 Å². The number of rotatable bonds is 2. The highest BCUT2D eigenvalue weighted by atomic mass is 35.5. The standard InChI is InChI=1S/C19H26B2ClNO4/c1-16(2)17(3,4)25-20(24-16)14-9-12(22)10-15(13(14)11-23)21-26-18(5,6)19(7,8)27-21/h9-10H,1-8H3. The van der Waals surface area contributed by atoms with Gasteiger partial charge in [-0.1, -0.05) is 11.6 Å². The van der Waals surface area contributed by atoms with Crippen LogP contribution < -0.4 is 10.9 Å². The van der Waals surface area contributed by atoms with Gasteiger partial charge in [0.15, 0.2) is 0 Å². The Morgan fingerprint density at radius 3 is 1.30 bits per heavy atom. The average Bonchev–Trinajstić information content (AvgIpc) is 2.86. The van der Waals surface area contributed by atoms with Crippen molar-refractivity contribution in [3.05, 3.63) is 22.7 Å². The van der Waals surface area contributed by atoms with E-state index in [0.717, 1.165) is 0 Å². The van der Waals surface area contributed by atoms with Gasteiger partial charge in [-0.25, -0.2) is 0 Å². The van der Waals surface area contributed by atoms with E-state index < -0.39 is 36.6 Å². The normalized spacial score (nSPS) is 24.9. The lowest BCUT2D eigenvalue weighted by Gasteiger charge is -2.32. The summed E-state index contributed by atoms with van der Waals surface area (Å²) in [6.45, 7) is 15.8. The lowest BCUT2D eigenvalue weighted by Crippen LogP contribution is -2.44. The van der Waals surface area contributed by atoms with Crippen molar-refractivity contribution in [1.29, 1.82) is 5.26 Å². The van der Waals surface area contributed by atoms with Crippen LogP contribution in [0.25, 0.3) is 0 Å². The Bertz CT molecular complexity index is 727. The highest BCUT2D eigenvalue weighted by molar-refractivity contribution is 6.68. The van der Waals surface area contributed by atoms with Crippen LogP contribution in [-0.4, -0.2) is 36.6 Å². The molecule has 1 aromatic rings. The molecule has 144 valence electrons. The number of halogens is 1. The van der Waals surface area contributed by atoms with Crippen LogP contribution in [0.2, 0.25) is 5.02 Å². The van der Waals surface area contributed by atoms with Crippen LogP contribution in [0, 0.1) is 11.3 Å². The van der Waals surface area contributed by atoms with Gasteiger partial charge in [-0.3, -0.25) is 0 Å². The van der Waals surface area contributed by atoms with Crippen molar-refractivity contribution in [1.82, 2.24) is 0 Å². The fraction of sp³-hybridized carbons (Fsp3) is 0.632. The molecule has 0 N–H and O–H groups in total. The second kappa shape index (κ2) is 6.23. The lowest BCUT2D eigenvalue weighted by molar-refractivity contribution is 0.00578. The molecule has 2 fully saturated rings. The summed E-state index contributed by atoms with van der Waals surface area (Å²) in [6, 6.07) is 5.71. The first-order valence-corrected chi connectivity index (χ1v) is 9.53. The van der Waals surface area contributed by atoms with Crippen LogP contribution >= 0.6 is 11.6 Å². The Labute approximate surface area is 167 Å². The molecule has 8 heteroatoms. The number of nitrogens with zero attached hydrogens (tertiary/aromatic N) is 1. The molecule has 1 aromatic carbocycles. The van der Waals surface area contributed by atoms with Gasteiger partial charge in [-0.05, 0) is 67.5 Å². The molecule has 0 radical (unpaired) electrons. The molecule has 0 atom stereocenters. The molecule has 5 nitrogen and oxygen atoms in total. The first kappa shape index (κ1) is 20.7. The number of hydrogen-bond donors (Lipinski definition) is 0. The highest BCUT2D eigenvalue weighted by Gasteiger charge is 2.55. The lowest BCUT2D eigenvalue weighted by atomic mass is 9.68. The van der Waals surface area contributed by atoms with E-state index in [0.29, 0.717) is 21.5 Å². The average molecular weight is 389 g/mol. The minimum absolute atomic E-state index is 0.413. The third-order valence-corrected chi connectivity index (χ3v) is 6.51. The molecule has 0 amide bonds. The zero-order chi connectivity index (χ0) is 20.4. The molecular weight excluding hydrogens is 363 g/mol. The van der Waals surface area contributed by atoms with E-state index in [1.807, 2.05) is 55.4 Å². The van der Waals surface area contributed by atoms with Crippen molar-refractivity contribution in [2.75, 3.05) is 0 Å². The van der Waals surface area contributed by atoms with Gasteiger partial charge in [-0.15, -0.1) is 0 Å². The summed E-state index contributed by atoms with van der Waals surface area (Å²) >= 11 is 6.39. The van der Waals surface area contributed by atoms with Crippen LogP contribution in [0.15, 0.2) is 12.1 Å². The minimum atomic E-state index is -0.690. The summed E-state index contributed by atoms with van der Waals surface area (Å²) < 4.78 is 24.5. The summed E-state index contributed by atoms with van der Waals surface area (Å²) in [7, 11) is -1.38. The Morgan fingerprint density at radius 1 is 0.741 bits per heavy atom. The van der Waals surface area contributed by atoms with Gasteiger partial charge in [0, 0.05) is 15.9 Å². The van der Waals surface area contributed by atoms with Crippen molar-refractivity contribution in [3.63, 3.8) is 0 Å². The van der Waals surface area contributed by atoms with Gasteiger partial charge >= 0.3 is 14.2 Å².